The minimum absolute atomic E-state index is 0.574. The SMILES string of the molecule is CN(SSN(C)C(=O)ONC1=CSCS1)C(=O)ONC1=CSCS1. The van der Waals surface area contributed by atoms with Crippen LogP contribution in [0.15, 0.2) is 20.9 Å². The van der Waals surface area contributed by atoms with E-state index in [1.807, 2.05) is 10.8 Å². The third-order valence-corrected chi connectivity index (χ3v) is 8.71. The molecule has 2 N–H and O–H groups in total. The Hall–Kier alpha value is -0.280. The molecule has 2 aliphatic rings. The van der Waals surface area contributed by atoms with E-state index in [2.05, 4.69) is 11.0 Å². The maximum atomic E-state index is 11.8. The number of carbonyl (C=O) groups excluding carboxylic acids is 2. The highest BCUT2D eigenvalue weighted by molar-refractivity contribution is 8.75. The van der Waals surface area contributed by atoms with Gasteiger partial charge in [0.15, 0.2) is 0 Å². The standard InChI is InChI=1S/C10H14N4O4S6/c1-13(9(15)17-11-7-3-19-5-21-7)23-24-14(2)10(16)18-12-8-4-20-6-22-8/h3-4,11-12H,5-6H2,1-2H3. The van der Waals surface area contributed by atoms with Gasteiger partial charge in [-0.3, -0.25) is 0 Å². The first-order valence-electron chi connectivity index (χ1n) is 6.21. The summed E-state index contributed by atoms with van der Waals surface area (Å²) in [4.78, 5) is 33.4. The zero-order chi connectivity index (χ0) is 17.4. The molecule has 2 heterocycles. The number of rotatable bonds is 7. The third kappa shape index (κ3) is 6.92. The molecule has 2 rings (SSSR count). The van der Waals surface area contributed by atoms with E-state index < -0.39 is 12.2 Å². The van der Waals surface area contributed by atoms with Crippen LogP contribution in [0.2, 0.25) is 0 Å². The van der Waals surface area contributed by atoms with Gasteiger partial charge < -0.3 is 9.68 Å². The lowest BCUT2D eigenvalue weighted by atomic mass is 11.0. The molecule has 14 heteroatoms. The zero-order valence-corrected chi connectivity index (χ0v) is 17.4. The highest BCUT2D eigenvalue weighted by atomic mass is 33.1. The van der Waals surface area contributed by atoms with Crippen molar-refractivity contribution in [3.63, 3.8) is 0 Å². The van der Waals surface area contributed by atoms with Gasteiger partial charge in [0.25, 0.3) is 0 Å². The first-order chi connectivity index (χ1) is 11.6. The van der Waals surface area contributed by atoms with Crippen LogP contribution in [-0.2, 0) is 9.68 Å². The molecule has 134 valence electrons. The summed E-state index contributed by atoms with van der Waals surface area (Å²) in [5.41, 5.74) is 5.18. The lowest BCUT2D eigenvalue weighted by molar-refractivity contribution is 0.0962. The van der Waals surface area contributed by atoms with E-state index in [1.54, 1.807) is 61.1 Å². The molecule has 0 unspecified atom stereocenters. The monoisotopic (exact) mass is 446 g/mol. The summed E-state index contributed by atoms with van der Waals surface area (Å²) in [7, 11) is 5.16. The largest absolute Gasteiger partial charge is 0.444 e. The second-order valence-corrected chi connectivity index (χ2v) is 10.7. The van der Waals surface area contributed by atoms with Gasteiger partial charge in [-0.05, 0) is 0 Å². The Morgan fingerprint density at radius 3 is 1.71 bits per heavy atom. The number of hydroxylamine groups is 2. The van der Waals surface area contributed by atoms with Crippen molar-refractivity contribution in [2.45, 2.75) is 0 Å². The Labute approximate surface area is 164 Å². The van der Waals surface area contributed by atoms with Crippen LogP contribution in [0.4, 0.5) is 9.59 Å². The van der Waals surface area contributed by atoms with Gasteiger partial charge >= 0.3 is 12.2 Å². The number of amides is 2. The number of thioether (sulfide) groups is 4. The Bertz CT molecular complexity index is 487. The van der Waals surface area contributed by atoms with E-state index in [1.165, 1.54) is 8.61 Å². The van der Waals surface area contributed by atoms with Crippen LogP contribution in [0.5, 0.6) is 0 Å². The third-order valence-electron chi connectivity index (χ3n) is 2.19. The van der Waals surface area contributed by atoms with Crippen molar-refractivity contribution in [3.05, 3.63) is 20.9 Å². The van der Waals surface area contributed by atoms with Gasteiger partial charge in [0.2, 0.25) is 0 Å². The van der Waals surface area contributed by atoms with Crippen molar-refractivity contribution < 1.29 is 19.3 Å². The van der Waals surface area contributed by atoms with Crippen molar-refractivity contribution in [3.8, 4) is 0 Å². The minimum Gasteiger partial charge on any atom is -0.323 e. The van der Waals surface area contributed by atoms with Crippen LogP contribution >= 0.6 is 69.0 Å². The number of nitrogens with one attached hydrogen (secondary N) is 2. The summed E-state index contributed by atoms with van der Waals surface area (Å²) >= 11 is 6.36. The molecule has 0 saturated heterocycles. The zero-order valence-electron chi connectivity index (χ0n) is 12.5. The summed E-state index contributed by atoms with van der Waals surface area (Å²) in [6, 6.07) is 0. The summed E-state index contributed by atoms with van der Waals surface area (Å²) in [5.74, 6) is 0. The van der Waals surface area contributed by atoms with Crippen LogP contribution in [0.25, 0.3) is 0 Å². The number of hydrogen-bond acceptors (Lipinski definition) is 12. The molecule has 0 atom stereocenters. The maximum absolute atomic E-state index is 11.8. The summed E-state index contributed by atoms with van der Waals surface area (Å²) < 4.78 is 2.52. The van der Waals surface area contributed by atoms with Gasteiger partial charge in [0, 0.05) is 57.0 Å². The molecule has 0 aromatic rings. The molecule has 8 nitrogen and oxygen atoms in total. The lowest BCUT2D eigenvalue weighted by Gasteiger charge is -2.19. The molecule has 0 spiro atoms. The molecular weight excluding hydrogens is 433 g/mol. The van der Waals surface area contributed by atoms with Crippen LogP contribution in [0, 0.1) is 0 Å². The van der Waals surface area contributed by atoms with E-state index >= 15 is 0 Å². The van der Waals surface area contributed by atoms with Crippen molar-refractivity contribution in [2.75, 3.05) is 24.3 Å². The van der Waals surface area contributed by atoms with E-state index in [0.29, 0.717) is 0 Å². The Morgan fingerprint density at radius 2 is 1.38 bits per heavy atom. The predicted octanol–water partition coefficient (Wildman–Crippen LogP) is 3.82. The first kappa shape index (κ1) is 20.0. The van der Waals surface area contributed by atoms with Gasteiger partial charge in [-0.2, -0.15) is 0 Å². The molecular formula is C10H14N4O4S6. The van der Waals surface area contributed by atoms with Crippen LogP contribution in [0.1, 0.15) is 0 Å². The molecule has 0 aromatic heterocycles. The van der Waals surface area contributed by atoms with Crippen molar-refractivity contribution in [1.29, 1.82) is 0 Å². The second kappa shape index (κ2) is 10.7. The predicted molar refractivity (Wildman–Crippen MR) is 106 cm³/mol. The molecule has 0 aliphatic carbocycles. The Kier molecular flexibility index (Phi) is 8.89. The average molecular weight is 447 g/mol. The fourth-order valence-corrected chi connectivity index (χ4v) is 6.09. The topological polar surface area (TPSA) is 83.1 Å². The fraction of sp³-hybridized carbons (Fsp3) is 0.400. The molecule has 2 aliphatic heterocycles. The number of nitrogens with zero attached hydrogens (tertiary/aromatic N) is 2. The smallest absolute Gasteiger partial charge is 0.323 e. The van der Waals surface area contributed by atoms with E-state index in [-0.39, 0.29) is 0 Å². The van der Waals surface area contributed by atoms with E-state index in [9.17, 15) is 9.59 Å². The normalized spacial score (nSPS) is 16.1. The van der Waals surface area contributed by atoms with Crippen LogP contribution in [0.3, 0.4) is 0 Å². The molecule has 0 fully saturated rings. The van der Waals surface area contributed by atoms with Gasteiger partial charge in [0.05, 0.1) is 0 Å². The Balaban J connectivity index is 1.61. The van der Waals surface area contributed by atoms with Crippen molar-refractivity contribution in [1.82, 2.24) is 19.6 Å². The molecule has 2 amide bonds. The lowest BCUT2D eigenvalue weighted by Crippen LogP contribution is -2.29. The highest BCUT2D eigenvalue weighted by Gasteiger charge is 2.19. The number of carbonyl (C=O) groups is 2. The highest BCUT2D eigenvalue weighted by Crippen LogP contribution is 2.32. The maximum Gasteiger partial charge on any atom is 0.444 e. The molecule has 0 saturated carbocycles. The second-order valence-electron chi connectivity index (χ2n) is 3.91. The number of hydrogen-bond donors (Lipinski definition) is 2. The average Bonchev–Trinajstić information content (AvgIpc) is 3.28. The molecule has 24 heavy (non-hydrogen) atoms. The van der Waals surface area contributed by atoms with Crippen molar-refractivity contribution in [2.24, 2.45) is 0 Å². The van der Waals surface area contributed by atoms with Crippen LogP contribution < -0.4 is 11.0 Å². The quantitative estimate of drug-likeness (QED) is 0.339. The van der Waals surface area contributed by atoms with Gasteiger partial charge in [-0.1, -0.05) is 23.5 Å². The van der Waals surface area contributed by atoms with Crippen LogP contribution in [-0.4, -0.2) is 45.1 Å². The van der Waals surface area contributed by atoms with Gasteiger partial charge in [-0.25, -0.2) is 29.2 Å². The van der Waals surface area contributed by atoms with Gasteiger partial charge in [-0.15, -0.1) is 23.5 Å². The molecule has 0 bridgehead atoms. The van der Waals surface area contributed by atoms with E-state index in [0.717, 1.165) is 42.2 Å². The Morgan fingerprint density at radius 1 is 0.958 bits per heavy atom. The summed E-state index contributed by atoms with van der Waals surface area (Å²) in [6.45, 7) is 0. The minimum atomic E-state index is -0.574. The fourth-order valence-electron chi connectivity index (χ4n) is 1.07. The van der Waals surface area contributed by atoms with E-state index in [4.69, 9.17) is 9.68 Å². The first-order valence-corrected chi connectivity index (χ1v) is 12.3. The molecule has 0 radical (unpaired) electrons. The van der Waals surface area contributed by atoms with Crippen molar-refractivity contribution >= 4 is 81.2 Å². The van der Waals surface area contributed by atoms with Gasteiger partial charge in [0.1, 0.15) is 10.1 Å². The molecule has 0 aromatic carbocycles. The summed E-state index contributed by atoms with van der Waals surface area (Å²) in [5, 5.41) is 7.15. The summed E-state index contributed by atoms with van der Waals surface area (Å²) in [6.07, 6.45) is -1.15.